The molecule has 0 unspecified atom stereocenters. The van der Waals surface area contributed by atoms with Crippen molar-refractivity contribution in [3.63, 3.8) is 0 Å². The molecule has 2 N–H and O–H groups in total. The highest BCUT2D eigenvalue weighted by Gasteiger charge is 2.29. The van der Waals surface area contributed by atoms with Crippen LogP contribution in [-0.4, -0.2) is 59.3 Å². The number of hydrogen-bond donors (Lipinski definition) is 2. The Labute approximate surface area is 153 Å². The van der Waals surface area contributed by atoms with Crippen molar-refractivity contribution in [2.24, 2.45) is 0 Å². The number of carbonyl (C=O) groups excluding carboxylic acids is 5. The Morgan fingerprint density at radius 1 is 1.15 bits per heavy atom. The molecule has 4 amide bonds. The number of anilines is 1. The summed E-state index contributed by atoms with van der Waals surface area (Å²) in [5.41, 5.74) is 0.659. The third-order valence-electron chi connectivity index (χ3n) is 3.32. The number of nitrogens with zero attached hydrogens (tertiary/aromatic N) is 1. The van der Waals surface area contributed by atoms with Gasteiger partial charge in [-0.2, -0.15) is 0 Å². The summed E-state index contributed by atoms with van der Waals surface area (Å²) in [4.78, 5) is 58.9. The van der Waals surface area contributed by atoms with Crippen LogP contribution in [0.1, 0.15) is 17.3 Å². The van der Waals surface area contributed by atoms with E-state index in [4.69, 9.17) is 4.74 Å². The smallest absolute Gasteiger partial charge is 0.338 e. The maximum Gasteiger partial charge on any atom is 0.338 e. The molecule has 26 heavy (non-hydrogen) atoms. The van der Waals surface area contributed by atoms with Gasteiger partial charge in [0.1, 0.15) is 0 Å². The maximum absolute atomic E-state index is 11.8. The zero-order chi connectivity index (χ0) is 19.1. The van der Waals surface area contributed by atoms with Gasteiger partial charge in [-0.1, -0.05) is 11.8 Å². The van der Waals surface area contributed by atoms with Gasteiger partial charge in [0.15, 0.2) is 0 Å². The molecule has 1 aromatic carbocycles. The molecule has 0 bridgehead atoms. The minimum absolute atomic E-state index is 0.0118. The Morgan fingerprint density at radius 2 is 1.85 bits per heavy atom. The van der Waals surface area contributed by atoms with Gasteiger partial charge in [-0.05, 0) is 31.2 Å². The van der Waals surface area contributed by atoms with Crippen LogP contribution in [0.3, 0.4) is 0 Å². The summed E-state index contributed by atoms with van der Waals surface area (Å²) in [6.07, 6.45) is 0. The van der Waals surface area contributed by atoms with Gasteiger partial charge in [0.25, 0.3) is 5.24 Å². The van der Waals surface area contributed by atoms with Crippen LogP contribution in [0.15, 0.2) is 24.3 Å². The van der Waals surface area contributed by atoms with Crippen molar-refractivity contribution in [1.82, 2.24) is 10.2 Å². The number of benzene rings is 1. The summed E-state index contributed by atoms with van der Waals surface area (Å²) in [5.74, 6) is -2.50. The molecule has 1 aliphatic rings. The van der Waals surface area contributed by atoms with Crippen LogP contribution in [0.2, 0.25) is 0 Å². The summed E-state index contributed by atoms with van der Waals surface area (Å²) in [6, 6.07) is 5.87. The van der Waals surface area contributed by atoms with E-state index in [1.165, 1.54) is 24.3 Å². The van der Waals surface area contributed by atoms with Crippen molar-refractivity contribution in [1.29, 1.82) is 0 Å². The number of nitrogens with one attached hydrogen (secondary N) is 2. The molecule has 1 aromatic rings. The second-order valence-electron chi connectivity index (χ2n) is 5.11. The predicted molar refractivity (Wildman–Crippen MR) is 93.6 cm³/mol. The molecule has 0 aromatic heterocycles. The molecule has 0 spiro atoms. The molecule has 9 nitrogen and oxygen atoms in total. The molecule has 138 valence electrons. The van der Waals surface area contributed by atoms with Crippen LogP contribution < -0.4 is 10.6 Å². The molecule has 10 heteroatoms. The van der Waals surface area contributed by atoms with Gasteiger partial charge in [0, 0.05) is 18.8 Å². The van der Waals surface area contributed by atoms with E-state index in [1.54, 1.807) is 6.92 Å². The van der Waals surface area contributed by atoms with E-state index in [2.05, 4.69) is 10.6 Å². The van der Waals surface area contributed by atoms with E-state index in [-0.39, 0.29) is 36.6 Å². The Kier molecular flexibility index (Phi) is 6.73. The normalized spacial score (nSPS) is 13.5. The first kappa shape index (κ1) is 19.4. The molecule has 0 radical (unpaired) electrons. The lowest BCUT2D eigenvalue weighted by atomic mass is 10.2. The van der Waals surface area contributed by atoms with Crippen molar-refractivity contribution in [3.8, 4) is 0 Å². The molecule has 1 saturated heterocycles. The molecule has 1 aliphatic heterocycles. The SMILES string of the molecule is CCOC(=O)c1ccc(NC(=O)C(=O)NCCN2C(=O)CSC2=O)cc1. The maximum atomic E-state index is 11.8. The van der Waals surface area contributed by atoms with E-state index in [0.29, 0.717) is 11.3 Å². The Morgan fingerprint density at radius 3 is 2.42 bits per heavy atom. The first-order chi connectivity index (χ1) is 12.4. The van der Waals surface area contributed by atoms with Crippen LogP contribution >= 0.6 is 11.8 Å². The Bertz CT molecular complexity index is 718. The number of ether oxygens (including phenoxy) is 1. The lowest BCUT2D eigenvalue weighted by Gasteiger charge is -2.13. The second-order valence-corrected chi connectivity index (χ2v) is 6.03. The van der Waals surface area contributed by atoms with Crippen molar-refractivity contribution < 1.29 is 28.7 Å². The lowest BCUT2D eigenvalue weighted by molar-refractivity contribution is -0.136. The van der Waals surface area contributed by atoms with Crippen LogP contribution in [0.4, 0.5) is 10.5 Å². The zero-order valence-corrected chi connectivity index (χ0v) is 14.8. The highest BCUT2D eigenvalue weighted by molar-refractivity contribution is 8.14. The van der Waals surface area contributed by atoms with Gasteiger partial charge in [0.05, 0.1) is 17.9 Å². The van der Waals surface area contributed by atoms with Crippen molar-refractivity contribution in [2.45, 2.75) is 6.92 Å². The van der Waals surface area contributed by atoms with Gasteiger partial charge in [-0.15, -0.1) is 0 Å². The van der Waals surface area contributed by atoms with Crippen LogP contribution in [0.5, 0.6) is 0 Å². The third-order valence-corrected chi connectivity index (χ3v) is 4.18. The number of carbonyl (C=O) groups is 5. The van der Waals surface area contributed by atoms with E-state index in [1.807, 2.05) is 0 Å². The average Bonchev–Trinajstić information content (AvgIpc) is 2.94. The standard InChI is InChI=1S/C16H17N3O6S/c1-2-25-15(23)10-3-5-11(6-4-10)18-14(22)13(21)17-7-8-19-12(20)9-26-16(19)24/h3-6H,2,7-9H2,1H3,(H,17,21)(H,18,22). The largest absolute Gasteiger partial charge is 0.462 e. The quantitative estimate of drug-likeness (QED) is 0.549. The third kappa shape index (κ3) is 5.06. The molecule has 0 aliphatic carbocycles. The number of rotatable bonds is 6. The Hall–Kier alpha value is -2.88. The van der Waals surface area contributed by atoms with E-state index < -0.39 is 17.8 Å². The second kappa shape index (κ2) is 8.99. The monoisotopic (exact) mass is 379 g/mol. The zero-order valence-electron chi connectivity index (χ0n) is 13.9. The van der Waals surface area contributed by atoms with E-state index in [0.717, 1.165) is 16.7 Å². The van der Waals surface area contributed by atoms with Crippen LogP contribution in [-0.2, 0) is 19.1 Å². The summed E-state index contributed by atoms with van der Waals surface area (Å²) in [5, 5.41) is 4.35. The number of esters is 1. The predicted octanol–water partition coefficient (Wildman–Crippen LogP) is 0.613. The fourth-order valence-electron chi connectivity index (χ4n) is 2.05. The summed E-state index contributed by atoms with van der Waals surface area (Å²) >= 11 is 0.899. The first-order valence-electron chi connectivity index (χ1n) is 7.76. The summed E-state index contributed by atoms with van der Waals surface area (Å²) in [7, 11) is 0. The fourth-order valence-corrected chi connectivity index (χ4v) is 2.80. The van der Waals surface area contributed by atoms with Crippen LogP contribution in [0, 0.1) is 0 Å². The van der Waals surface area contributed by atoms with Gasteiger partial charge in [-0.3, -0.25) is 24.1 Å². The van der Waals surface area contributed by atoms with Gasteiger partial charge in [0.2, 0.25) is 5.91 Å². The molecular formula is C16H17N3O6S. The number of amides is 4. The molecule has 1 heterocycles. The lowest BCUT2D eigenvalue weighted by Crippen LogP contribution is -2.41. The van der Waals surface area contributed by atoms with Crippen molar-refractivity contribution in [3.05, 3.63) is 29.8 Å². The van der Waals surface area contributed by atoms with E-state index in [9.17, 15) is 24.0 Å². The minimum atomic E-state index is -0.901. The molecule has 2 rings (SSSR count). The Balaban J connectivity index is 1.79. The van der Waals surface area contributed by atoms with Gasteiger partial charge in [-0.25, -0.2) is 4.79 Å². The molecular weight excluding hydrogens is 362 g/mol. The van der Waals surface area contributed by atoms with Gasteiger partial charge >= 0.3 is 17.8 Å². The van der Waals surface area contributed by atoms with Crippen LogP contribution in [0.25, 0.3) is 0 Å². The fraction of sp³-hybridized carbons (Fsp3) is 0.312. The first-order valence-corrected chi connectivity index (χ1v) is 8.74. The van der Waals surface area contributed by atoms with E-state index >= 15 is 0 Å². The van der Waals surface area contributed by atoms with Crippen molar-refractivity contribution >= 4 is 46.4 Å². The van der Waals surface area contributed by atoms with Gasteiger partial charge < -0.3 is 15.4 Å². The highest BCUT2D eigenvalue weighted by atomic mass is 32.2. The number of thioether (sulfide) groups is 1. The minimum Gasteiger partial charge on any atom is -0.462 e. The highest BCUT2D eigenvalue weighted by Crippen LogP contribution is 2.17. The number of hydrogen-bond acceptors (Lipinski definition) is 7. The summed E-state index contributed by atoms with van der Waals surface area (Å²) < 4.78 is 4.84. The number of imide groups is 1. The molecule has 0 saturated carbocycles. The summed E-state index contributed by atoms with van der Waals surface area (Å²) in [6.45, 7) is 1.94. The molecule has 1 fully saturated rings. The average molecular weight is 379 g/mol. The topological polar surface area (TPSA) is 122 Å². The molecule has 0 atom stereocenters. The van der Waals surface area contributed by atoms with Crippen molar-refractivity contribution in [2.75, 3.05) is 30.8 Å².